The van der Waals surface area contributed by atoms with Gasteiger partial charge in [-0.25, -0.2) is 0 Å². The summed E-state index contributed by atoms with van der Waals surface area (Å²) in [5.74, 6) is 0.195. The minimum Gasteiger partial charge on any atom is -0.398 e. The van der Waals surface area contributed by atoms with Crippen molar-refractivity contribution in [3.8, 4) is 0 Å². The second-order valence-corrected chi connectivity index (χ2v) is 5.65. The molecule has 0 saturated carbocycles. The lowest BCUT2D eigenvalue weighted by Gasteiger charge is -2.23. The summed E-state index contributed by atoms with van der Waals surface area (Å²) in [6, 6.07) is 5.57. The lowest BCUT2D eigenvalue weighted by Crippen LogP contribution is -2.22. The summed E-state index contributed by atoms with van der Waals surface area (Å²) in [5, 5.41) is 19.6. The Morgan fingerprint density at radius 3 is 2.35 bits per heavy atom. The third-order valence-electron chi connectivity index (χ3n) is 2.82. The number of aliphatic hydroxyl groups is 2. The Morgan fingerprint density at radius 1 is 1.29 bits per heavy atom. The van der Waals surface area contributed by atoms with E-state index >= 15 is 0 Å². The number of hydrogen-bond acceptors (Lipinski definition) is 4. The number of nitrogens with two attached hydrogens (primary N) is 1. The second-order valence-electron chi connectivity index (χ2n) is 5.29. The van der Waals surface area contributed by atoms with Crippen LogP contribution in [0.5, 0.6) is 0 Å². The number of thiol groups is 1. The first-order valence-electron chi connectivity index (χ1n) is 5.64. The minimum atomic E-state index is -0.991. The molecule has 4 N–H and O–H groups in total. The van der Waals surface area contributed by atoms with Crippen molar-refractivity contribution in [2.75, 3.05) is 11.5 Å². The summed E-state index contributed by atoms with van der Waals surface area (Å²) in [5.41, 5.74) is 7.95. The number of hydrogen-bond donors (Lipinski definition) is 4. The maximum absolute atomic E-state index is 9.98. The van der Waals surface area contributed by atoms with Gasteiger partial charge in [0.15, 0.2) is 0 Å². The van der Waals surface area contributed by atoms with Crippen LogP contribution in [0, 0.1) is 0 Å². The Balaban J connectivity index is 3.15. The summed E-state index contributed by atoms with van der Waals surface area (Å²) < 4.78 is 0. The molecule has 0 fully saturated rings. The van der Waals surface area contributed by atoms with E-state index in [-0.39, 0.29) is 11.2 Å². The third kappa shape index (κ3) is 3.37. The van der Waals surface area contributed by atoms with E-state index in [1.807, 2.05) is 12.1 Å². The van der Waals surface area contributed by atoms with E-state index in [1.54, 1.807) is 6.07 Å². The van der Waals surface area contributed by atoms with Crippen LogP contribution in [0.15, 0.2) is 18.2 Å². The zero-order chi connectivity index (χ0) is 13.2. The molecule has 2 atom stereocenters. The largest absolute Gasteiger partial charge is 0.398 e. The van der Waals surface area contributed by atoms with Crippen molar-refractivity contribution in [1.82, 2.24) is 0 Å². The Hall–Kier alpha value is -0.710. The average Bonchev–Trinajstić information content (AvgIpc) is 2.26. The summed E-state index contributed by atoms with van der Waals surface area (Å²) in [7, 11) is 0. The topological polar surface area (TPSA) is 66.5 Å². The normalized spacial score (nSPS) is 15.6. The van der Waals surface area contributed by atoms with Crippen molar-refractivity contribution in [1.29, 1.82) is 0 Å². The zero-order valence-electron chi connectivity index (χ0n) is 10.5. The van der Waals surface area contributed by atoms with Crippen molar-refractivity contribution >= 4 is 18.3 Å². The Labute approximate surface area is 108 Å². The molecular weight excluding hydrogens is 234 g/mol. The summed E-state index contributed by atoms with van der Waals surface area (Å²) in [6.45, 7) is 6.26. The van der Waals surface area contributed by atoms with E-state index in [2.05, 4.69) is 33.4 Å². The number of rotatable bonds is 3. The monoisotopic (exact) mass is 255 g/mol. The van der Waals surface area contributed by atoms with Crippen LogP contribution in [0.3, 0.4) is 0 Å². The first kappa shape index (κ1) is 14.4. The smallest absolute Gasteiger partial charge is 0.108 e. The number of benzene rings is 1. The molecule has 0 aromatic heterocycles. The van der Waals surface area contributed by atoms with Crippen LogP contribution < -0.4 is 5.73 Å². The fraction of sp³-hybridized carbons (Fsp3) is 0.538. The van der Waals surface area contributed by atoms with Crippen molar-refractivity contribution in [3.05, 3.63) is 29.3 Å². The predicted octanol–water partition coefficient (Wildman–Crippen LogP) is 1.89. The SMILES string of the molecule is CC(C)(C)c1ccc(N)c(C(O)C(O)CS)c1. The maximum atomic E-state index is 9.98. The van der Waals surface area contributed by atoms with Gasteiger partial charge in [0.05, 0.1) is 6.10 Å². The number of anilines is 1. The third-order valence-corrected chi connectivity index (χ3v) is 3.20. The van der Waals surface area contributed by atoms with Crippen molar-refractivity contribution in [3.63, 3.8) is 0 Å². The Morgan fingerprint density at radius 2 is 1.88 bits per heavy atom. The van der Waals surface area contributed by atoms with Gasteiger partial charge in [-0.1, -0.05) is 32.9 Å². The molecule has 0 spiro atoms. The first-order chi connectivity index (χ1) is 7.77. The van der Waals surface area contributed by atoms with Gasteiger partial charge in [0.25, 0.3) is 0 Å². The Kier molecular flexibility index (Phi) is 4.47. The van der Waals surface area contributed by atoms with E-state index in [9.17, 15) is 10.2 Å². The molecule has 0 bridgehead atoms. The summed E-state index contributed by atoms with van der Waals surface area (Å²) in [6.07, 6.45) is -1.90. The van der Waals surface area contributed by atoms with Gasteiger partial charge < -0.3 is 15.9 Å². The maximum Gasteiger partial charge on any atom is 0.108 e. The predicted molar refractivity (Wildman–Crippen MR) is 74.4 cm³/mol. The van der Waals surface area contributed by atoms with Crippen LogP contribution in [0.2, 0.25) is 0 Å². The van der Waals surface area contributed by atoms with Gasteiger partial charge in [-0.15, -0.1) is 0 Å². The van der Waals surface area contributed by atoms with E-state index in [0.717, 1.165) is 5.56 Å². The molecule has 1 aromatic rings. The van der Waals surface area contributed by atoms with Crippen molar-refractivity contribution in [2.45, 2.75) is 38.4 Å². The minimum absolute atomic E-state index is 0.0198. The van der Waals surface area contributed by atoms with Crippen LogP contribution >= 0.6 is 12.6 Å². The highest BCUT2D eigenvalue weighted by molar-refractivity contribution is 7.80. The average molecular weight is 255 g/mol. The molecule has 0 radical (unpaired) electrons. The molecule has 0 amide bonds. The van der Waals surface area contributed by atoms with Crippen molar-refractivity contribution in [2.24, 2.45) is 0 Å². The molecule has 0 aliphatic carbocycles. The quantitative estimate of drug-likeness (QED) is 0.492. The standard InChI is InChI=1S/C13H21NO2S/c1-13(2,3)8-4-5-10(14)9(6-8)12(16)11(15)7-17/h4-6,11-12,15-17H,7,14H2,1-3H3. The molecular formula is C13H21NO2S. The lowest BCUT2D eigenvalue weighted by molar-refractivity contribution is 0.0341. The second kappa shape index (κ2) is 5.29. The van der Waals surface area contributed by atoms with E-state index in [0.29, 0.717) is 11.3 Å². The molecule has 2 unspecified atom stereocenters. The highest BCUT2D eigenvalue weighted by Gasteiger charge is 2.22. The molecule has 0 aliphatic rings. The van der Waals surface area contributed by atoms with Gasteiger partial charge in [-0.3, -0.25) is 0 Å². The zero-order valence-corrected chi connectivity index (χ0v) is 11.4. The van der Waals surface area contributed by atoms with Gasteiger partial charge in [0.1, 0.15) is 6.10 Å². The molecule has 0 aliphatic heterocycles. The fourth-order valence-corrected chi connectivity index (χ4v) is 1.80. The molecule has 1 rings (SSSR count). The molecule has 1 aromatic carbocycles. The summed E-state index contributed by atoms with van der Waals surface area (Å²) in [4.78, 5) is 0. The first-order valence-corrected chi connectivity index (χ1v) is 6.27. The van der Waals surface area contributed by atoms with Gasteiger partial charge >= 0.3 is 0 Å². The van der Waals surface area contributed by atoms with Crippen LogP contribution in [-0.2, 0) is 5.41 Å². The van der Waals surface area contributed by atoms with Crippen LogP contribution in [0.1, 0.15) is 38.0 Å². The van der Waals surface area contributed by atoms with Crippen LogP contribution in [0.25, 0.3) is 0 Å². The highest BCUT2D eigenvalue weighted by Crippen LogP contribution is 2.30. The molecule has 17 heavy (non-hydrogen) atoms. The van der Waals surface area contributed by atoms with Crippen LogP contribution in [0.4, 0.5) is 5.69 Å². The number of nitrogen functional groups attached to an aromatic ring is 1. The molecule has 96 valence electrons. The molecule has 0 saturated heterocycles. The van der Waals surface area contributed by atoms with E-state index in [1.165, 1.54) is 0 Å². The van der Waals surface area contributed by atoms with Gasteiger partial charge in [0.2, 0.25) is 0 Å². The fourth-order valence-electron chi connectivity index (χ4n) is 1.60. The van der Waals surface area contributed by atoms with Gasteiger partial charge in [0, 0.05) is 17.0 Å². The van der Waals surface area contributed by atoms with E-state index < -0.39 is 12.2 Å². The Bertz CT molecular complexity index is 387. The van der Waals surface area contributed by atoms with Crippen molar-refractivity contribution < 1.29 is 10.2 Å². The van der Waals surface area contributed by atoms with E-state index in [4.69, 9.17) is 5.73 Å². The van der Waals surface area contributed by atoms with Gasteiger partial charge in [-0.05, 0) is 17.0 Å². The highest BCUT2D eigenvalue weighted by atomic mass is 32.1. The lowest BCUT2D eigenvalue weighted by atomic mass is 9.85. The molecule has 3 nitrogen and oxygen atoms in total. The molecule has 0 heterocycles. The van der Waals surface area contributed by atoms with Crippen LogP contribution in [-0.4, -0.2) is 22.1 Å². The number of aliphatic hydroxyl groups excluding tert-OH is 2. The summed E-state index contributed by atoms with van der Waals surface area (Å²) >= 11 is 3.97. The molecule has 4 heteroatoms. The van der Waals surface area contributed by atoms with Gasteiger partial charge in [-0.2, -0.15) is 12.6 Å².